The number of nitrogens with zero attached hydrogens (tertiary/aromatic N) is 2. The fraction of sp³-hybridized carbons (Fsp3) is 0.389. The van der Waals surface area contributed by atoms with E-state index in [0.717, 1.165) is 23.6 Å². The van der Waals surface area contributed by atoms with Gasteiger partial charge in [-0.15, -0.1) is 0 Å². The molecule has 5 heteroatoms. The van der Waals surface area contributed by atoms with Crippen LogP contribution in [0.25, 0.3) is 0 Å². The second-order valence-electron chi connectivity index (χ2n) is 6.21. The van der Waals surface area contributed by atoms with Crippen LogP contribution in [0.5, 0.6) is 5.75 Å². The maximum Gasteiger partial charge on any atom is 0.141 e. The van der Waals surface area contributed by atoms with Crippen molar-refractivity contribution in [2.45, 2.75) is 25.5 Å². The minimum atomic E-state index is -0.859. The van der Waals surface area contributed by atoms with E-state index < -0.39 is 5.60 Å². The molecule has 0 amide bonds. The Morgan fingerprint density at radius 3 is 2.87 bits per heavy atom. The molecule has 1 aromatic carbocycles. The maximum atomic E-state index is 12.9. The molecule has 2 aromatic rings. The summed E-state index contributed by atoms with van der Waals surface area (Å²) in [5, 5.41) is 10.7. The molecule has 3 rings (SSSR count). The van der Waals surface area contributed by atoms with Crippen molar-refractivity contribution in [2.75, 3.05) is 19.7 Å². The quantitative estimate of drug-likeness (QED) is 0.921. The highest BCUT2D eigenvalue weighted by atomic mass is 19.1. The first-order chi connectivity index (χ1) is 11.0. The number of aryl methyl sites for hydroxylation is 1. The van der Waals surface area contributed by atoms with Gasteiger partial charge in [-0.05, 0) is 37.1 Å². The second-order valence-corrected chi connectivity index (χ2v) is 6.21. The topological polar surface area (TPSA) is 45.6 Å². The first-order valence-electron chi connectivity index (χ1n) is 7.78. The van der Waals surface area contributed by atoms with Crippen LogP contribution in [0, 0.1) is 12.7 Å². The third-order valence-electron chi connectivity index (χ3n) is 4.18. The Labute approximate surface area is 135 Å². The molecule has 0 aliphatic carbocycles. The zero-order chi connectivity index (χ0) is 16.3. The highest BCUT2D eigenvalue weighted by Gasteiger charge is 2.37. The molecule has 1 aliphatic rings. The Bertz CT molecular complexity index is 662. The van der Waals surface area contributed by atoms with Crippen LogP contribution in [-0.2, 0) is 6.54 Å². The number of rotatable bonds is 5. The Morgan fingerprint density at radius 2 is 2.13 bits per heavy atom. The molecule has 0 bridgehead atoms. The van der Waals surface area contributed by atoms with Gasteiger partial charge < -0.3 is 9.84 Å². The molecule has 1 N–H and O–H groups in total. The van der Waals surface area contributed by atoms with Crippen molar-refractivity contribution >= 4 is 0 Å². The SMILES string of the molecule is Cc1ccccc1OCC1(O)CCN(Cc2ccc(F)cn2)C1. The van der Waals surface area contributed by atoms with Crippen molar-refractivity contribution in [1.82, 2.24) is 9.88 Å². The zero-order valence-corrected chi connectivity index (χ0v) is 13.2. The van der Waals surface area contributed by atoms with Crippen LogP contribution in [0.3, 0.4) is 0 Å². The van der Waals surface area contributed by atoms with E-state index in [2.05, 4.69) is 9.88 Å². The fourth-order valence-electron chi connectivity index (χ4n) is 2.85. The summed E-state index contributed by atoms with van der Waals surface area (Å²) in [4.78, 5) is 6.18. The minimum absolute atomic E-state index is 0.269. The summed E-state index contributed by atoms with van der Waals surface area (Å²) in [6.07, 6.45) is 1.87. The molecule has 1 aromatic heterocycles. The standard InChI is InChI=1S/C18H21FN2O2/c1-14-4-2-3-5-17(14)23-13-18(22)8-9-21(12-18)11-16-7-6-15(19)10-20-16/h2-7,10,22H,8-9,11-13H2,1H3. The van der Waals surface area contributed by atoms with Crippen LogP contribution >= 0.6 is 0 Å². The van der Waals surface area contributed by atoms with Gasteiger partial charge in [0.25, 0.3) is 0 Å². The number of aromatic nitrogens is 1. The lowest BCUT2D eigenvalue weighted by Gasteiger charge is -2.24. The first kappa shape index (κ1) is 15.9. The molecule has 23 heavy (non-hydrogen) atoms. The van der Waals surface area contributed by atoms with Crippen LogP contribution in [-0.4, -0.2) is 40.3 Å². The molecule has 1 atom stereocenters. The summed E-state index contributed by atoms with van der Waals surface area (Å²) < 4.78 is 18.7. The number of likely N-dealkylation sites (tertiary alicyclic amines) is 1. The molecule has 1 unspecified atom stereocenters. The molecule has 122 valence electrons. The summed E-state index contributed by atoms with van der Waals surface area (Å²) >= 11 is 0. The van der Waals surface area contributed by atoms with Crippen molar-refractivity contribution in [2.24, 2.45) is 0 Å². The smallest absolute Gasteiger partial charge is 0.141 e. The van der Waals surface area contributed by atoms with E-state index in [-0.39, 0.29) is 12.4 Å². The van der Waals surface area contributed by atoms with E-state index in [4.69, 9.17) is 4.74 Å². The summed E-state index contributed by atoms with van der Waals surface area (Å²) in [5.74, 6) is 0.470. The van der Waals surface area contributed by atoms with Crippen LogP contribution in [0.15, 0.2) is 42.6 Å². The van der Waals surface area contributed by atoms with Gasteiger partial charge in [-0.25, -0.2) is 4.39 Å². The molecule has 2 heterocycles. The average Bonchev–Trinajstić information content (AvgIpc) is 2.90. The van der Waals surface area contributed by atoms with Crippen LogP contribution in [0.4, 0.5) is 4.39 Å². The van der Waals surface area contributed by atoms with Gasteiger partial charge in [-0.1, -0.05) is 18.2 Å². The summed E-state index contributed by atoms with van der Waals surface area (Å²) in [7, 11) is 0. The van der Waals surface area contributed by atoms with Crippen LogP contribution in [0.2, 0.25) is 0 Å². The lowest BCUT2D eigenvalue weighted by atomic mass is 10.1. The highest BCUT2D eigenvalue weighted by Crippen LogP contribution is 2.25. The van der Waals surface area contributed by atoms with Crippen molar-refractivity contribution in [3.63, 3.8) is 0 Å². The first-order valence-corrected chi connectivity index (χ1v) is 7.78. The van der Waals surface area contributed by atoms with Crippen molar-refractivity contribution < 1.29 is 14.2 Å². The van der Waals surface area contributed by atoms with Gasteiger partial charge in [-0.2, -0.15) is 0 Å². The molecular weight excluding hydrogens is 295 g/mol. The third kappa shape index (κ3) is 4.06. The predicted octanol–water partition coefficient (Wildman–Crippen LogP) is 2.54. The highest BCUT2D eigenvalue weighted by molar-refractivity contribution is 5.31. The van der Waals surface area contributed by atoms with Crippen molar-refractivity contribution in [3.8, 4) is 5.75 Å². The second kappa shape index (κ2) is 6.64. The normalized spacial score (nSPS) is 21.5. The molecule has 1 fully saturated rings. The Balaban J connectivity index is 1.55. The van der Waals surface area contributed by atoms with Gasteiger partial charge in [0.2, 0.25) is 0 Å². The molecule has 0 spiro atoms. The van der Waals surface area contributed by atoms with E-state index in [9.17, 15) is 9.50 Å². The maximum absolute atomic E-state index is 12.9. The van der Waals surface area contributed by atoms with Gasteiger partial charge in [-0.3, -0.25) is 9.88 Å². The Kier molecular flexibility index (Phi) is 4.59. The third-order valence-corrected chi connectivity index (χ3v) is 4.18. The number of benzene rings is 1. The van der Waals surface area contributed by atoms with Gasteiger partial charge in [0, 0.05) is 19.6 Å². The van der Waals surface area contributed by atoms with Gasteiger partial charge in [0.1, 0.15) is 23.8 Å². The largest absolute Gasteiger partial charge is 0.490 e. The average molecular weight is 316 g/mol. The number of hydrogen-bond acceptors (Lipinski definition) is 4. The predicted molar refractivity (Wildman–Crippen MR) is 85.7 cm³/mol. The Hall–Kier alpha value is -1.98. The fourth-order valence-corrected chi connectivity index (χ4v) is 2.85. The van der Waals surface area contributed by atoms with E-state index in [1.54, 1.807) is 6.07 Å². The van der Waals surface area contributed by atoms with E-state index in [1.807, 2.05) is 31.2 Å². The minimum Gasteiger partial charge on any atom is -0.490 e. The number of halogens is 1. The lowest BCUT2D eigenvalue weighted by Crippen LogP contribution is -2.39. The monoisotopic (exact) mass is 316 g/mol. The molecule has 0 saturated carbocycles. The molecular formula is C18H21FN2O2. The van der Waals surface area contributed by atoms with Crippen molar-refractivity contribution in [1.29, 1.82) is 0 Å². The summed E-state index contributed by atoms with van der Waals surface area (Å²) in [6, 6.07) is 10.9. The molecule has 1 aliphatic heterocycles. The lowest BCUT2D eigenvalue weighted by molar-refractivity contribution is 0.00312. The van der Waals surface area contributed by atoms with Gasteiger partial charge >= 0.3 is 0 Å². The van der Waals surface area contributed by atoms with E-state index in [1.165, 1.54) is 12.3 Å². The van der Waals surface area contributed by atoms with E-state index in [0.29, 0.717) is 19.5 Å². The number of pyridine rings is 1. The molecule has 1 saturated heterocycles. The van der Waals surface area contributed by atoms with E-state index >= 15 is 0 Å². The summed E-state index contributed by atoms with van der Waals surface area (Å²) in [5.41, 5.74) is 0.999. The Morgan fingerprint density at radius 1 is 1.30 bits per heavy atom. The van der Waals surface area contributed by atoms with Crippen molar-refractivity contribution in [3.05, 3.63) is 59.7 Å². The molecule has 0 radical (unpaired) electrons. The molecule has 4 nitrogen and oxygen atoms in total. The van der Waals surface area contributed by atoms with Crippen LogP contribution in [0.1, 0.15) is 17.7 Å². The van der Waals surface area contributed by atoms with Gasteiger partial charge in [0.05, 0.1) is 11.9 Å². The van der Waals surface area contributed by atoms with Crippen LogP contribution < -0.4 is 4.74 Å². The number of hydrogen-bond donors (Lipinski definition) is 1. The number of aliphatic hydroxyl groups is 1. The van der Waals surface area contributed by atoms with Gasteiger partial charge in [0.15, 0.2) is 0 Å². The summed E-state index contributed by atoms with van der Waals surface area (Å²) in [6.45, 7) is 4.16. The zero-order valence-electron chi connectivity index (χ0n) is 13.2. The number of para-hydroxylation sites is 1. The number of β-amino-alcohol motifs (C(OH)–C–C–N with tert-alkyl or cyclic N) is 1. The number of ether oxygens (including phenoxy) is 1.